The average Bonchev–Trinajstić information content (AvgIpc) is 2.22. The van der Waals surface area contributed by atoms with E-state index >= 15 is 0 Å². The Kier molecular flexibility index (Phi) is 4.22. The molecule has 0 aliphatic carbocycles. The van der Waals surface area contributed by atoms with Crippen LogP contribution in [0.4, 0.5) is 5.69 Å². The lowest BCUT2D eigenvalue weighted by molar-refractivity contribution is 0.230. The molecule has 0 fully saturated rings. The predicted octanol–water partition coefficient (Wildman–Crippen LogP) is 3.05. The molecule has 1 N–H and O–H groups in total. The topological polar surface area (TPSA) is 66.0 Å². The number of hydrogen-bond donors (Lipinski definition) is 0. The summed E-state index contributed by atoms with van der Waals surface area (Å²) < 4.78 is 11.0. The van der Waals surface area contributed by atoms with Crippen LogP contribution in [0.2, 0.25) is 0 Å². The zero-order valence-electron chi connectivity index (χ0n) is 10.6. The predicted molar refractivity (Wildman–Crippen MR) is 65.4 cm³/mol. The number of rotatable bonds is 4. The minimum Gasteiger partial charge on any atom is -0.489 e. The molecule has 17 heavy (non-hydrogen) atoms. The smallest absolute Gasteiger partial charge is 0.149 e. The molecular formula is C13H17N2O2. The first kappa shape index (κ1) is 13.2. The fourth-order valence-electron chi connectivity index (χ4n) is 1.35. The highest BCUT2D eigenvalue weighted by Crippen LogP contribution is 2.35. The lowest BCUT2D eigenvalue weighted by atomic mass is 10.2. The molecule has 0 atom stereocenters. The lowest BCUT2D eigenvalue weighted by Crippen LogP contribution is -2.09. The molecule has 91 valence electrons. The number of hydrogen-bond acceptors (Lipinski definition) is 3. The molecule has 0 aromatic heterocycles. The van der Waals surface area contributed by atoms with Crippen molar-refractivity contribution in [1.82, 2.24) is 5.73 Å². The summed E-state index contributed by atoms with van der Waals surface area (Å²) in [5.74, 6) is 0.768. The highest BCUT2D eigenvalue weighted by Gasteiger charge is 2.13. The maximum absolute atomic E-state index is 8.92. The van der Waals surface area contributed by atoms with E-state index in [-0.39, 0.29) is 17.9 Å². The Morgan fingerprint density at radius 2 is 1.47 bits per heavy atom. The highest BCUT2D eigenvalue weighted by molar-refractivity contribution is 5.63. The number of nitrogens with zero attached hydrogens (tertiary/aromatic N) is 1. The Hall–Kier alpha value is -1.89. The minimum absolute atomic E-state index is 0.0417. The van der Waals surface area contributed by atoms with Crippen LogP contribution in [0.15, 0.2) is 12.1 Å². The molecule has 1 aromatic rings. The van der Waals surface area contributed by atoms with Crippen molar-refractivity contribution in [1.29, 1.82) is 5.26 Å². The van der Waals surface area contributed by atoms with Crippen LogP contribution in [0.5, 0.6) is 11.5 Å². The molecule has 0 spiro atoms. The zero-order chi connectivity index (χ0) is 13.0. The summed E-state index contributed by atoms with van der Waals surface area (Å²) >= 11 is 0. The summed E-state index contributed by atoms with van der Waals surface area (Å²) in [6, 6.07) is 5.17. The summed E-state index contributed by atoms with van der Waals surface area (Å²) in [6.07, 6.45) is -0.0834. The summed E-state index contributed by atoms with van der Waals surface area (Å²) in [5.41, 5.74) is 8.57. The Bertz CT molecular complexity index is 403. The molecule has 0 heterocycles. The van der Waals surface area contributed by atoms with Gasteiger partial charge in [0.15, 0.2) is 0 Å². The maximum Gasteiger partial charge on any atom is 0.149 e. The third-order valence-corrected chi connectivity index (χ3v) is 1.92. The SMILES string of the molecule is CC(C)Oc1cc(C#N)cc(OC(C)C)c1[NH]. The molecule has 0 aliphatic rings. The van der Waals surface area contributed by atoms with Gasteiger partial charge < -0.3 is 9.47 Å². The summed E-state index contributed by atoms with van der Waals surface area (Å²) in [4.78, 5) is 0. The van der Waals surface area contributed by atoms with Gasteiger partial charge in [-0.1, -0.05) is 0 Å². The van der Waals surface area contributed by atoms with Gasteiger partial charge in [-0.25, -0.2) is 0 Å². The lowest BCUT2D eigenvalue weighted by Gasteiger charge is -2.16. The quantitative estimate of drug-likeness (QED) is 0.802. The number of ether oxygens (including phenoxy) is 2. The molecule has 0 saturated carbocycles. The first-order valence-corrected chi connectivity index (χ1v) is 5.57. The van der Waals surface area contributed by atoms with Gasteiger partial charge in [0.05, 0.1) is 23.8 Å². The van der Waals surface area contributed by atoms with Gasteiger partial charge in [0.2, 0.25) is 0 Å². The molecule has 1 radical (unpaired) electrons. The van der Waals surface area contributed by atoms with E-state index in [1.807, 2.05) is 33.8 Å². The van der Waals surface area contributed by atoms with Gasteiger partial charge in [-0.05, 0) is 27.7 Å². The van der Waals surface area contributed by atoms with E-state index in [0.29, 0.717) is 17.1 Å². The Morgan fingerprint density at radius 1 is 1.06 bits per heavy atom. The van der Waals surface area contributed by atoms with E-state index in [9.17, 15) is 0 Å². The van der Waals surface area contributed by atoms with Crippen LogP contribution in [-0.4, -0.2) is 12.2 Å². The van der Waals surface area contributed by atoms with Gasteiger partial charge in [0.25, 0.3) is 0 Å². The summed E-state index contributed by atoms with van der Waals surface area (Å²) in [6.45, 7) is 7.51. The minimum atomic E-state index is -0.0417. The van der Waals surface area contributed by atoms with Crippen molar-refractivity contribution in [3.63, 3.8) is 0 Å². The van der Waals surface area contributed by atoms with Crippen molar-refractivity contribution in [2.45, 2.75) is 39.9 Å². The van der Waals surface area contributed by atoms with E-state index < -0.39 is 0 Å². The van der Waals surface area contributed by atoms with Crippen LogP contribution >= 0.6 is 0 Å². The van der Waals surface area contributed by atoms with Crippen LogP contribution in [0.3, 0.4) is 0 Å². The number of nitrogens with one attached hydrogen (secondary N) is 1. The van der Waals surface area contributed by atoms with E-state index in [0.717, 1.165) is 0 Å². The molecule has 0 aliphatic heterocycles. The van der Waals surface area contributed by atoms with Crippen LogP contribution < -0.4 is 15.2 Å². The molecule has 0 saturated heterocycles. The third kappa shape index (κ3) is 3.56. The van der Waals surface area contributed by atoms with E-state index in [2.05, 4.69) is 0 Å². The molecule has 0 bridgehead atoms. The highest BCUT2D eigenvalue weighted by atomic mass is 16.5. The van der Waals surface area contributed by atoms with Gasteiger partial charge in [-0.2, -0.15) is 5.26 Å². The van der Waals surface area contributed by atoms with Gasteiger partial charge in [-0.15, -0.1) is 0 Å². The molecule has 1 rings (SSSR count). The van der Waals surface area contributed by atoms with E-state index in [1.54, 1.807) is 12.1 Å². The molecule has 1 aromatic carbocycles. The van der Waals surface area contributed by atoms with E-state index in [4.69, 9.17) is 20.5 Å². The first-order chi connectivity index (χ1) is 7.93. The molecule has 0 unspecified atom stereocenters. The van der Waals surface area contributed by atoms with Gasteiger partial charge in [0, 0.05) is 12.1 Å². The summed E-state index contributed by atoms with van der Waals surface area (Å²) in [7, 11) is 0. The fourth-order valence-corrected chi connectivity index (χ4v) is 1.35. The fraction of sp³-hybridized carbons (Fsp3) is 0.462. The van der Waals surface area contributed by atoms with Crippen LogP contribution in [0, 0.1) is 11.3 Å². The van der Waals surface area contributed by atoms with Crippen LogP contribution in [0.1, 0.15) is 33.3 Å². The molecule has 0 amide bonds. The van der Waals surface area contributed by atoms with Gasteiger partial charge in [0.1, 0.15) is 17.2 Å². The largest absolute Gasteiger partial charge is 0.489 e. The Morgan fingerprint density at radius 3 is 1.76 bits per heavy atom. The second-order valence-electron chi connectivity index (χ2n) is 4.29. The number of benzene rings is 1. The van der Waals surface area contributed by atoms with Crippen molar-refractivity contribution in [3.8, 4) is 17.6 Å². The standard InChI is InChI=1S/C13H17N2O2/c1-8(2)16-11-5-10(7-14)6-12(13(11)15)17-9(3)4/h5-6,8-9,15H,1-4H3. The van der Waals surface area contributed by atoms with Crippen LogP contribution in [-0.2, 0) is 0 Å². The average molecular weight is 233 g/mol. The number of nitriles is 1. The van der Waals surface area contributed by atoms with Crippen molar-refractivity contribution in [2.24, 2.45) is 0 Å². The van der Waals surface area contributed by atoms with Crippen molar-refractivity contribution in [2.75, 3.05) is 0 Å². The van der Waals surface area contributed by atoms with Gasteiger partial charge >= 0.3 is 0 Å². The Balaban J connectivity index is 3.17. The van der Waals surface area contributed by atoms with Crippen molar-refractivity contribution >= 4 is 5.69 Å². The molecule has 4 nitrogen and oxygen atoms in total. The Labute approximate surface area is 102 Å². The van der Waals surface area contributed by atoms with Crippen molar-refractivity contribution in [3.05, 3.63) is 17.7 Å². The first-order valence-electron chi connectivity index (χ1n) is 5.57. The van der Waals surface area contributed by atoms with E-state index in [1.165, 1.54) is 0 Å². The monoisotopic (exact) mass is 233 g/mol. The van der Waals surface area contributed by atoms with Crippen molar-refractivity contribution < 1.29 is 9.47 Å². The maximum atomic E-state index is 8.92. The third-order valence-electron chi connectivity index (χ3n) is 1.92. The van der Waals surface area contributed by atoms with Crippen LogP contribution in [0.25, 0.3) is 0 Å². The molecular weight excluding hydrogens is 216 g/mol. The second-order valence-corrected chi connectivity index (χ2v) is 4.29. The second kappa shape index (κ2) is 5.44. The normalized spacial score (nSPS) is 10.4. The zero-order valence-corrected chi connectivity index (χ0v) is 10.6. The summed E-state index contributed by atoms with van der Waals surface area (Å²) in [5, 5.41) is 8.92. The van der Waals surface area contributed by atoms with Gasteiger partial charge in [-0.3, -0.25) is 5.73 Å². The molecule has 4 heteroatoms.